The lowest BCUT2D eigenvalue weighted by Gasteiger charge is -2.48. The van der Waals surface area contributed by atoms with Crippen LogP contribution in [0.4, 0.5) is 0 Å². The zero-order valence-corrected chi connectivity index (χ0v) is 42.5. The molecule has 4 heterocycles. The Labute approximate surface area is 406 Å². The number of cyclic esters (lactones) is 1. The van der Waals surface area contributed by atoms with Gasteiger partial charge in [0.2, 0.25) is 5.79 Å². The third-order valence-electron chi connectivity index (χ3n) is 15.2. The van der Waals surface area contributed by atoms with Crippen LogP contribution in [-0.2, 0) is 47.6 Å². The Hall–Kier alpha value is -3.38. The van der Waals surface area contributed by atoms with E-state index in [1.54, 1.807) is 32.3 Å². The molecular weight excluding hydrogens is 891 g/mol. The SMILES string of the molecule is CCC1C=C(C)CC(C)CC(OC)(OC)C2CCC(C)C(O)(O2)C(=O)C(=O)N2CCCCC2C(=O)OC(C(C)=CC2CCC(OCC(O)c3cc4ccccc4s3)C(OC)C2)C(C)C(O)CC1=O. The number of aliphatic hydroxyl groups excluding tert-OH is 2. The number of aliphatic hydroxyl groups is 3. The van der Waals surface area contributed by atoms with Gasteiger partial charge in [-0.05, 0) is 113 Å². The number of piperidine rings is 1. The van der Waals surface area contributed by atoms with Gasteiger partial charge in [-0.15, -0.1) is 11.3 Å². The molecule has 6 rings (SSSR count). The van der Waals surface area contributed by atoms with Gasteiger partial charge in [0, 0.05) is 68.0 Å². The molecule has 2 saturated heterocycles. The van der Waals surface area contributed by atoms with Gasteiger partial charge in [0.05, 0.1) is 24.9 Å². The Morgan fingerprint density at radius 3 is 2.41 bits per heavy atom. The van der Waals surface area contributed by atoms with Crippen molar-refractivity contribution in [3.05, 3.63) is 58.5 Å². The second-order valence-corrected chi connectivity index (χ2v) is 21.3. The van der Waals surface area contributed by atoms with Crippen molar-refractivity contribution in [1.29, 1.82) is 0 Å². The van der Waals surface area contributed by atoms with Crippen molar-refractivity contribution < 1.29 is 62.9 Å². The van der Waals surface area contributed by atoms with Crippen LogP contribution in [0.25, 0.3) is 10.1 Å². The van der Waals surface area contributed by atoms with Gasteiger partial charge < -0.3 is 48.6 Å². The van der Waals surface area contributed by atoms with Gasteiger partial charge in [-0.3, -0.25) is 14.4 Å². The summed E-state index contributed by atoms with van der Waals surface area (Å²) in [5.74, 6) is -9.06. The highest BCUT2D eigenvalue weighted by Gasteiger charge is 2.57. The molecule has 378 valence electrons. The third-order valence-corrected chi connectivity index (χ3v) is 16.4. The average molecular weight is 968 g/mol. The summed E-state index contributed by atoms with van der Waals surface area (Å²) in [6.45, 7) is 11.4. The highest BCUT2D eigenvalue weighted by Crippen LogP contribution is 2.42. The van der Waals surface area contributed by atoms with Crippen LogP contribution < -0.4 is 0 Å². The lowest BCUT2D eigenvalue weighted by atomic mass is 9.81. The molecule has 68 heavy (non-hydrogen) atoms. The van der Waals surface area contributed by atoms with Crippen molar-refractivity contribution in [2.24, 2.45) is 29.6 Å². The van der Waals surface area contributed by atoms with Crippen LogP contribution in [0.3, 0.4) is 0 Å². The molecule has 1 aliphatic carbocycles. The fraction of sp³-hybridized carbons (Fsp3) is 0.698. The van der Waals surface area contributed by atoms with E-state index >= 15 is 0 Å². The third kappa shape index (κ3) is 12.2. The smallest absolute Gasteiger partial charge is 0.329 e. The van der Waals surface area contributed by atoms with Crippen molar-refractivity contribution in [2.75, 3.05) is 34.5 Å². The fourth-order valence-electron chi connectivity index (χ4n) is 11.1. The summed E-state index contributed by atoms with van der Waals surface area (Å²) < 4.78 is 38.0. The number of thiophene rings is 1. The Bertz CT molecular complexity index is 2080. The van der Waals surface area contributed by atoms with E-state index in [1.807, 2.05) is 70.2 Å². The lowest BCUT2D eigenvalue weighted by molar-refractivity contribution is -0.344. The Balaban J connectivity index is 1.27. The number of benzene rings is 1. The molecule has 0 spiro atoms. The number of hydrogen-bond donors (Lipinski definition) is 3. The zero-order valence-electron chi connectivity index (χ0n) is 41.6. The van der Waals surface area contributed by atoms with E-state index in [4.69, 9.17) is 28.4 Å². The summed E-state index contributed by atoms with van der Waals surface area (Å²) in [7, 11) is 4.61. The van der Waals surface area contributed by atoms with Gasteiger partial charge in [-0.25, -0.2) is 4.79 Å². The molecule has 4 aliphatic rings. The molecule has 3 aliphatic heterocycles. The second kappa shape index (κ2) is 23.7. The first-order valence-corrected chi connectivity index (χ1v) is 25.6. The van der Waals surface area contributed by atoms with Crippen LogP contribution >= 0.6 is 11.3 Å². The first-order valence-electron chi connectivity index (χ1n) is 24.8. The number of methoxy groups -OCH3 is 3. The number of Topliss-reactive ketones (excluding diaryl/α,β-unsaturated/α-hetero) is 2. The van der Waals surface area contributed by atoms with E-state index in [1.165, 1.54) is 19.1 Å². The van der Waals surface area contributed by atoms with E-state index in [0.717, 1.165) is 20.5 Å². The van der Waals surface area contributed by atoms with E-state index in [0.29, 0.717) is 69.8 Å². The number of nitrogens with zero attached hydrogens (tertiary/aromatic N) is 1. The number of fused-ring (bicyclic) bond motifs is 4. The summed E-state index contributed by atoms with van der Waals surface area (Å²) in [6.07, 6.45) is 4.79. The lowest BCUT2D eigenvalue weighted by Crippen LogP contribution is -2.64. The normalized spacial score (nSPS) is 34.7. The Morgan fingerprint density at radius 2 is 1.72 bits per heavy atom. The summed E-state index contributed by atoms with van der Waals surface area (Å²) >= 11 is 1.55. The molecule has 2 bridgehead atoms. The zero-order chi connectivity index (χ0) is 49.5. The number of hydrogen-bond acceptors (Lipinski definition) is 14. The van der Waals surface area contributed by atoms with Crippen LogP contribution in [-0.4, -0.2) is 126 Å². The number of carbonyl (C=O) groups excluding carboxylic acids is 4. The van der Waals surface area contributed by atoms with Gasteiger partial charge in [0.15, 0.2) is 5.79 Å². The van der Waals surface area contributed by atoms with E-state index in [9.17, 15) is 34.5 Å². The van der Waals surface area contributed by atoms with E-state index < -0.39 is 77.4 Å². The molecule has 3 fully saturated rings. The molecule has 1 amide bonds. The molecule has 0 radical (unpaired) electrons. The molecule has 1 aromatic carbocycles. The standard InChI is InChI=1S/C53H77NO13S/c1-10-37-24-31(2)23-32(3)29-52(63-8,64-9)47-21-18-34(5)53(61,67-47)49(58)50(59)54-22-14-13-16-39(54)51(60)66-48(35(6)40(55)28-41(37)56)33(4)25-36-19-20-43(44(26-36)62-7)65-30-42(57)46-27-38-15-11-12-17-45(38)68-46/h11-12,15,17,24-25,27,32,34-37,39-40,42-44,47-48,55,57,61H,10,13-14,16,18-23,26,28-30H2,1-9H3. The predicted molar refractivity (Wildman–Crippen MR) is 258 cm³/mol. The van der Waals surface area contributed by atoms with Crippen molar-refractivity contribution in [1.82, 2.24) is 4.90 Å². The molecular formula is C53H77NO13S. The summed E-state index contributed by atoms with van der Waals surface area (Å²) in [5, 5.41) is 36.2. The minimum absolute atomic E-state index is 0.0236. The highest BCUT2D eigenvalue weighted by molar-refractivity contribution is 7.19. The number of ether oxygens (including phenoxy) is 6. The Kier molecular flexibility index (Phi) is 18.8. The monoisotopic (exact) mass is 968 g/mol. The number of allylic oxidation sites excluding steroid dienone is 3. The molecule has 13 atom stereocenters. The van der Waals surface area contributed by atoms with Crippen molar-refractivity contribution in [2.45, 2.75) is 173 Å². The first kappa shape index (κ1) is 54.0. The average Bonchev–Trinajstić information content (AvgIpc) is 3.78. The number of ketones is 2. The van der Waals surface area contributed by atoms with Gasteiger partial charge >= 0.3 is 5.97 Å². The quantitative estimate of drug-likeness (QED) is 0.0907. The summed E-state index contributed by atoms with van der Waals surface area (Å²) in [6, 6.07) is 8.85. The molecule has 14 nitrogen and oxygen atoms in total. The van der Waals surface area contributed by atoms with E-state index in [2.05, 4.69) is 0 Å². The number of amides is 1. The predicted octanol–water partition coefficient (Wildman–Crippen LogP) is 7.79. The first-order chi connectivity index (χ1) is 32.4. The van der Waals surface area contributed by atoms with Crippen LogP contribution in [0.2, 0.25) is 0 Å². The van der Waals surface area contributed by atoms with E-state index in [-0.39, 0.29) is 55.8 Å². The van der Waals surface area contributed by atoms with Crippen LogP contribution in [0, 0.1) is 29.6 Å². The highest BCUT2D eigenvalue weighted by atomic mass is 32.1. The van der Waals surface area contributed by atoms with Gasteiger partial charge in [-0.2, -0.15) is 0 Å². The van der Waals surface area contributed by atoms with Crippen LogP contribution in [0.5, 0.6) is 0 Å². The van der Waals surface area contributed by atoms with Gasteiger partial charge in [-0.1, -0.05) is 63.6 Å². The van der Waals surface area contributed by atoms with Gasteiger partial charge in [0.1, 0.15) is 30.1 Å². The molecule has 13 unspecified atom stereocenters. The maximum absolute atomic E-state index is 14.6. The minimum atomic E-state index is -2.52. The van der Waals surface area contributed by atoms with Crippen molar-refractivity contribution in [3.8, 4) is 0 Å². The van der Waals surface area contributed by atoms with Crippen molar-refractivity contribution >= 4 is 44.9 Å². The molecule has 1 aromatic heterocycles. The molecule has 15 heteroatoms. The maximum atomic E-state index is 14.6. The molecule has 1 saturated carbocycles. The Morgan fingerprint density at radius 1 is 0.985 bits per heavy atom. The van der Waals surface area contributed by atoms with Crippen LogP contribution in [0.15, 0.2) is 53.6 Å². The minimum Gasteiger partial charge on any atom is -0.456 e. The molecule has 2 aromatic rings. The number of carbonyl (C=O) groups is 4. The largest absolute Gasteiger partial charge is 0.456 e. The number of esters is 1. The summed E-state index contributed by atoms with van der Waals surface area (Å²) in [4.78, 5) is 59.4. The van der Waals surface area contributed by atoms with Gasteiger partial charge in [0.25, 0.3) is 11.7 Å². The van der Waals surface area contributed by atoms with Crippen molar-refractivity contribution in [3.63, 3.8) is 0 Å². The number of rotatable bonds is 10. The molecule has 3 N–H and O–H groups in total. The van der Waals surface area contributed by atoms with Crippen LogP contribution in [0.1, 0.15) is 130 Å². The maximum Gasteiger partial charge on any atom is 0.329 e. The topological polar surface area (TPSA) is 188 Å². The summed E-state index contributed by atoms with van der Waals surface area (Å²) in [5.41, 5.74) is 1.63. The fourth-order valence-corrected chi connectivity index (χ4v) is 12.1. The second-order valence-electron chi connectivity index (χ2n) is 20.2.